The zero-order valence-electron chi connectivity index (χ0n) is 20.8. The third-order valence-electron chi connectivity index (χ3n) is 6.62. The lowest BCUT2D eigenvalue weighted by molar-refractivity contribution is -0.192. The first kappa shape index (κ1) is 29.8. The Morgan fingerprint density at radius 1 is 1.00 bits per heavy atom. The number of nitrogens with one attached hydrogen (secondary N) is 2. The molecule has 2 fully saturated rings. The molecule has 2 aromatic rings. The molecule has 8 nitrogen and oxygen atoms in total. The summed E-state index contributed by atoms with van der Waals surface area (Å²) in [5.41, 5.74) is 3.95. The molecule has 1 heterocycles. The smallest absolute Gasteiger partial charge is 0.475 e. The van der Waals surface area contributed by atoms with Crippen LogP contribution in [0.2, 0.25) is 0 Å². The van der Waals surface area contributed by atoms with Gasteiger partial charge in [-0.05, 0) is 73.2 Å². The van der Waals surface area contributed by atoms with Crippen LogP contribution in [0.25, 0.3) is 6.08 Å². The SMILES string of the molecule is O=C(NO)c1ccc(/C=C/C(=O)N2CCC(CN[C@H]3C[C@@H]3c3ccc(F)cc3)CC2)cc1.O=C(O)C(F)(F)F. The van der Waals surface area contributed by atoms with Crippen molar-refractivity contribution in [3.05, 3.63) is 77.1 Å². The molecular formula is C27H29F4N3O5. The van der Waals surface area contributed by atoms with Crippen molar-refractivity contribution in [2.24, 2.45) is 5.92 Å². The molecule has 0 bridgehead atoms. The second-order valence-electron chi connectivity index (χ2n) is 9.38. The van der Waals surface area contributed by atoms with Gasteiger partial charge in [0.25, 0.3) is 5.91 Å². The Morgan fingerprint density at radius 2 is 1.59 bits per heavy atom. The van der Waals surface area contributed by atoms with Crippen LogP contribution in [0.5, 0.6) is 0 Å². The number of hydroxylamine groups is 1. The molecule has 2 atom stereocenters. The predicted octanol–water partition coefficient (Wildman–Crippen LogP) is 3.98. The van der Waals surface area contributed by atoms with E-state index in [1.54, 1.807) is 41.9 Å². The van der Waals surface area contributed by atoms with Crippen LogP contribution in [0.15, 0.2) is 54.6 Å². The van der Waals surface area contributed by atoms with Gasteiger partial charge >= 0.3 is 12.1 Å². The molecule has 1 aliphatic heterocycles. The molecule has 1 saturated carbocycles. The predicted molar refractivity (Wildman–Crippen MR) is 133 cm³/mol. The maximum absolute atomic E-state index is 13.1. The van der Waals surface area contributed by atoms with E-state index < -0.39 is 18.1 Å². The van der Waals surface area contributed by atoms with Crippen LogP contribution in [0.1, 0.15) is 46.7 Å². The first-order valence-corrected chi connectivity index (χ1v) is 12.3. The summed E-state index contributed by atoms with van der Waals surface area (Å²) in [5.74, 6) is -2.49. The Labute approximate surface area is 222 Å². The molecule has 12 heteroatoms. The van der Waals surface area contributed by atoms with Crippen LogP contribution >= 0.6 is 0 Å². The average Bonchev–Trinajstić information content (AvgIpc) is 3.70. The number of aliphatic carboxylic acids is 1. The first-order chi connectivity index (χ1) is 18.5. The number of carboxylic acid groups (broad SMARTS) is 1. The van der Waals surface area contributed by atoms with Crippen molar-refractivity contribution >= 4 is 23.9 Å². The van der Waals surface area contributed by atoms with Crippen LogP contribution in [-0.2, 0) is 9.59 Å². The summed E-state index contributed by atoms with van der Waals surface area (Å²) in [7, 11) is 0. The van der Waals surface area contributed by atoms with E-state index in [2.05, 4.69) is 5.32 Å². The van der Waals surface area contributed by atoms with Gasteiger partial charge in [0.2, 0.25) is 5.91 Å². The number of rotatable bonds is 7. The maximum Gasteiger partial charge on any atom is 0.490 e. The highest BCUT2D eigenvalue weighted by Gasteiger charge is 2.39. The molecular weight excluding hydrogens is 522 g/mol. The summed E-state index contributed by atoms with van der Waals surface area (Å²) in [6.07, 6.45) is 1.27. The van der Waals surface area contributed by atoms with E-state index in [1.807, 2.05) is 17.0 Å². The van der Waals surface area contributed by atoms with Crippen molar-refractivity contribution < 1.29 is 42.3 Å². The highest BCUT2D eigenvalue weighted by Crippen LogP contribution is 2.41. The van der Waals surface area contributed by atoms with Gasteiger partial charge in [-0.1, -0.05) is 24.3 Å². The van der Waals surface area contributed by atoms with Gasteiger partial charge in [0.1, 0.15) is 5.82 Å². The number of nitrogens with zero attached hydrogens (tertiary/aromatic N) is 1. The van der Waals surface area contributed by atoms with Gasteiger partial charge in [0.05, 0.1) is 0 Å². The number of piperidine rings is 1. The average molecular weight is 552 g/mol. The fraction of sp³-hybridized carbons (Fsp3) is 0.370. The molecule has 2 aliphatic rings. The van der Waals surface area contributed by atoms with Gasteiger partial charge in [-0.15, -0.1) is 0 Å². The van der Waals surface area contributed by atoms with Gasteiger partial charge in [-0.25, -0.2) is 14.7 Å². The molecule has 0 radical (unpaired) electrons. The molecule has 1 saturated heterocycles. The highest BCUT2D eigenvalue weighted by atomic mass is 19.4. The topological polar surface area (TPSA) is 119 Å². The van der Waals surface area contributed by atoms with Crippen LogP contribution in [0, 0.1) is 11.7 Å². The van der Waals surface area contributed by atoms with Gasteiger partial charge in [-0.2, -0.15) is 13.2 Å². The number of amides is 2. The van der Waals surface area contributed by atoms with Crippen molar-refractivity contribution in [1.82, 2.24) is 15.7 Å². The second-order valence-corrected chi connectivity index (χ2v) is 9.38. The zero-order chi connectivity index (χ0) is 28.6. The largest absolute Gasteiger partial charge is 0.490 e. The number of benzene rings is 2. The number of halogens is 4. The Kier molecular flexibility index (Phi) is 10.2. The molecule has 0 spiro atoms. The lowest BCUT2D eigenvalue weighted by atomic mass is 9.96. The molecule has 210 valence electrons. The number of alkyl halides is 3. The Morgan fingerprint density at radius 3 is 2.13 bits per heavy atom. The Bertz CT molecular complexity index is 1160. The number of likely N-dealkylation sites (tertiary alicyclic amines) is 1. The van der Waals surface area contributed by atoms with Crippen molar-refractivity contribution in [2.75, 3.05) is 19.6 Å². The molecule has 4 rings (SSSR count). The number of hydrogen-bond acceptors (Lipinski definition) is 5. The fourth-order valence-electron chi connectivity index (χ4n) is 4.26. The fourth-order valence-corrected chi connectivity index (χ4v) is 4.26. The first-order valence-electron chi connectivity index (χ1n) is 12.3. The van der Waals surface area contributed by atoms with Crippen LogP contribution in [-0.4, -0.2) is 64.8 Å². The highest BCUT2D eigenvalue weighted by molar-refractivity contribution is 5.94. The van der Waals surface area contributed by atoms with E-state index in [0.717, 1.165) is 44.5 Å². The monoisotopic (exact) mass is 551 g/mol. The lowest BCUT2D eigenvalue weighted by Crippen LogP contribution is -2.40. The number of carbonyl (C=O) groups is 3. The summed E-state index contributed by atoms with van der Waals surface area (Å²) >= 11 is 0. The van der Waals surface area contributed by atoms with E-state index in [4.69, 9.17) is 15.1 Å². The minimum Gasteiger partial charge on any atom is -0.475 e. The molecule has 39 heavy (non-hydrogen) atoms. The molecule has 0 unspecified atom stereocenters. The normalized spacial score (nSPS) is 19.3. The lowest BCUT2D eigenvalue weighted by Gasteiger charge is -2.31. The molecule has 2 amide bonds. The molecule has 4 N–H and O–H groups in total. The Hall–Kier alpha value is -3.77. The molecule has 0 aromatic heterocycles. The maximum atomic E-state index is 13.1. The number of carboxylic acids is 1. The number of carbonyl (C=O) groups excluding carboxylic acids is 2. The summed E-state index contributed by atoms with van der Waals surface area (Å²) in [6, 6.07) is 13.9. The minimum atomic E-state index is -5.08. The summed E-state index contributed by atoms with van der Waals surface area (Å²) < 4.78 is 44.8. The van der Waals surface area contributed by atoms with Gasteiger partial charge in [0.15, 0.2) is 0 Å². The van der Waals surface area contributed by atoms with Crippen LogP contribution in [0.3, 0.4) is 0 Å². The summed E-state index contributed by atoms with van der Waals surface area (Å²) in [6.45, 7) is 2.45. The van der Waals surface area contributed by atoms with E-state index in [9.17, 15) is 27.2 Å². The third-order valence-corrected chi connectivity index (χ3v) is 6.62. The van der Waals surface area contributed by atoms with Crippen molar-refractivity contribution in [1.29, 1.82) is 0 Å². The molecule has 1 aliphatic carbocycles. The van der Waals surface area contributed by atoms with E-state index in [-0.39, 0.29) is 11.7 Å². The van der Waals surface area contributed by atoms with E-state index in [0.29, 0.717) is 23.4 Å². The standard InChI is InChI=1S/C25H28FN3O3.C2HF3O2/c26-21-8-6-19(7-9-21)22-15-23(22)27-16-18-11-13-29(14-12-18)24(30)10-3-17-1-4-20(5-2-17)25(31)28-32;3-2(4,5)1(6)7/h1-10,18,22-23,27,32H,11-16H2,(H,28,31);(H,6,7)/b10-3+;/t22-,23+;/m1./s1. The third kappa shape index (κ3) is 9.18. The van der Waals surface area contributed by atoms with Crippen molar-refractivity contribution in [3.8, 4) is 0 Å². The summed E-state index contributed by atoms with van der Waals surface area (Å²) in [5, 5.41) is 19.4. The van der Waals surface area contributed by atoms with Crippen LogP contribution < -0.4 is 10.8 Å². The quantitative estimate of drug-likeness (QED) is 0.179. The zero-order valence-corrected chi connectivity index (χ0v) is 20.8. The van der Waals surface area contributed by atoms with E-state index in [1.165, 1.54) is 17.7 Å². The second kappa shape index (κ2) is 13.3. The van der Waals surface area contributed by atoms with Gasteiger partial charge in [-0.3, -0.25) is 14.8 Å². The summed E-state index contributed by atoms with van der Waals surface area (Å²) in [4.78, 5) is 34.6. The van der Waals surface area contributed by atoms with Gasteiger partial charge in [0, 0.05) is 36.7 Å². The van der Waals surface area contributed by atoms with Crippen molar-refractivity contribution in [2.45, 2.75) is 37.4 Å². The molecule has 2 aromatic carbocycles. The van der Waals surface area contributed by atoms with E-state index >= 15 is 0 Å². The van der Waals surface area contributed by atoms with Crippen molar-refractivity contribution in [3.63, 3.8) is 0 Å². The van der Waals surface area contributed by atoms with Crippen LogP contribution in [0.4, 0.5) is 17.6 Å². The number of hydrogen-bond donors (Lipinski definition) is 4. The van der Waals surface area contributed by atoms with Gasteiger partial charge < -0.3 is 15.3 Å². The minimum absolute atomic E-state index is 0.00727. The Balaban J connectivity index is 0.000000532.